The normalized spacial score (nSPS) is 16.7. The highest BCUT2D eigenvalue weighted by molar-refractivity contribution is 5.48. The number of hydrogen-bond donors (Lipinski definition) is 1. The van der Waals surface area contributed by atoms with Gasteiger partial charge in [-0.3, -0.25) is 4.57 Å². The van der Waals surface area contributed by atoms with E-state index in [0.29, 0.717) is 18.7 Å². The zero-order valence-corrected chi connectivity index (χ0v) is 13.4. The minimum absolute atomic E-state index is 0.222. The Bertz CT molecular complexity index is 1020. The van der Waals surface area contributed by atoms with Crippen molar-refractivity contribution in [1.82, 2.24) is 14.3 Å². The number of aromatic nitrogens is 3. The Morgan fingerprint density at radius 2 is 1.85 bits per heavy atom. The molecule has 0 spiro atoms. The summed E-state index contributed by atoms with van der Waals surface area (Å²) in [6, 6.07) is 11.6. The molecule has 1 unspecified atom stereocenters. The monoisotopic (exact) mass is 361 g/mol. The molecule has 1 aliphatic heterocycles. The standard InChI is InChI=1S/C18H14F3N3O2/c19-18(20,21)12-6-8-15(25)14(10-12)24-17(26)23-13(7-9-16(23)22-24)11-4-2-1-3-5-11/h1-6,8,10,13,25H,7,9H2. The number of nitrogens with zero attached hydrogens (tertiary/aromatic N) is 3. The van der Waals surface area contributed by atoms with Gasteiger partial charge in [0.2, 0.25) is 0 Å². The van der Waals surface area contributed by atoms with Crippen LogP contribution in [0.5, 0.6) is 5.75 Å². The summed E-state index contributed by atoms with van der Waals surface area (Å²) >= 11 is 0. The average Bonchev–Trinajstić information content (AvgIpc) is 3.16. The van der Waals surface area contributed by atoms with E-state index in [1.54, 1.807) is 0 Å². The van der Waals surface area contributed by atoms with Gasteiger partial charge < -0.3 is 5.11 Å². The maximum atomic E-state index is 13.0. The van der Waals surface area contributed by atoms with Gasteiger partial charge in [0.25, 0.3) is 0 Å². The van der Waals surface area contributed by atoms with Crippen LogP contribution in [0.3, 0.4) is 0 Å². The number of aromatic hydroxyl groups is 1. The van der Waals surface area contributed by atoms with Gasteiger partial charge in [-0.05, 0) is 30.2 Å². The third-order valence-corrected chi connectivity index (χ3v) is 4.55. The average molecular weight is 361 g/mol. The topological polar surface area (TPSA) is 60.1 Å². The highest BCUT2D eigenvalue weighted by Gasteiger charge is 2.33. The van der Waals surface area contributed by atoms with Crippen LogP contribution in [0.2, 0.25) is 0 Å². The Balaban J connectivity index is 1.84. The molecule has 0 fully saturated rings. The number of benzene rings is 2. The van der Waals surface area contributed by atoms with E-state index in [0.717, 1.165) is 28.4 Å². The van der Waals surface area contributed by atoms with Gasteiger partial charge >= 0.3 is 11.9 Å². The van der Waals surface area contributed by atoms with Crippen LogP contribution in [0.4, 0.5) is 13.2 Å². The molecule has 1 aliphatic rings. The van der Waals surface area contributed by atoms with E-state index in [-0.39, 0.29) is 11.7 Å². The summed E-state index contributed by atoms with van der Waals surface area (Å²) in [5.41, 5.74) is -0.870. The van der Waals surface area contributed by atoms with Crippen molar-refractivity contribution in [2.75, 3.05) is 0 Å². The number of rotatable bonds is 2. The van der Waals surface area contributed by atoms with Gasteiger partial charge in [0, 0.05) is 6.42 Å². The molecule has 4 rings (SSSR count). The Morgan fingerprint density at radius 3 is 2.54 bits per heavy atom. The molecule has 0 saturated carbocycles. The van der Waals surface area contributed by atoms with Crippen LogP contribution in [-0.4, -0.2) is 19.5 Å². The minimum atomic E-state index is -4.58. The Morgan fingerprint density at radius 1 is 1.12 bits per heavy atom. The number of alkyl halides is 3. The smallest absolute Gasteiger partial charge is 0.416 e. The summed E-state index contributed by atoms with van der Waals surface area (Å²) in [6.45, 7) is 0. The molecular formula is C18H14F3N3O2. The van der Waals surface area contributed by atoms with E-state index < -0.39 is 23.2 Å². The lowest BCUT2D eigenvalue weighted by molar-refractivity contribution is -0.137. The number of aryl methyl sites for hydroxylation is 1. The lowest BCUT2D eigenvalue weighted by Gasteiger charge is -2.12. The molecule has 0 amide bonds. The summed E-state index contributed by atoms with van der Waals surface area (Å²) in [7, 11) is 0. The van der Waals surface area contributed by atoms with E-state index in [1.165, 1.54) is 4.57 Å². The first-order chi connectivity index (χ1) is 12.4. The first-order valence-electron chi connectivity index (χ1n) is 8.02. The van der Waals surface area contributed by atoms with Crippen LogP contribution in [0, 0.1) is 0 Å². The molecule has 1 atom stereocenters. The summed E-state index contributed by atoms with van der Waals surface area (Å²) in [6.07, 6.45) is -3.36. The van der Waals surface area contributed by atoms with Crippen LogP contribution in [0.1, 0.15) is 29.4 Å². The molecule has 3 aromatic rings. The molecule has 26 heavy (non-hydrogen) atoms. The molecule has 0 aliphatic carbocycles. The zero-order chi connectivity index (χ0) is 18.5. The van der Waals surface area contributed by atoms with Crippen LogP contribution >= 0.6 is 0 Å². The van der Waals surface area contributed by atoms with E-state index in [2.05, 4.69) is 5.10 Å². The van der Waals surface area contributed by atoms with Crippen LogP contribution in [-0.2, 0) is 12.6 Å². The summed E-state index contributed by atoms with van der Waals surface area (Å²) < 4.78 is 41.2. The van der Waals surface area contributed by atoms with Crippen molar-refractivity contribution in [3.8, 4) is 11.4 Å². The van der Waals surface area contributed by atoms with E-state index in [1.807, 2.05) is 30.3 Å². The molecule has 0 radical (unpaired) electrons. The van der Waals surface area contributed by atoms with Gasteiger partial charge in [0.05, 0.1) is 11.6 Å². The third-order valence-electron chi connectivity index (χ3n) is 4.55. The Hall–Kier alpha value is -3.03. The molecule has 5 nitrogen and oxygen atoms in total. The number of phenols is 1. The third kappa shape index (κ3) is 2.58. The summed E-state index contributed by atoms with van der Waals surface area (Å²) in [5.74, 6) is 0.0498. The predicted molar refractivity (Wildman–Crippen MR) is 87.4 cm³/mol. The lowest BCUT2D eigenvalue weighted by Crippen LogP contribution is -2.26. The fraction of sp³-hybridized carbons (Fsp3) is 0.222. The first-order valence-corrected chi connectivity index (χ1v) is 8.02. The first kappa shape index (κ1) is 16.4. The molecule has 2 aromatic carbocycles. The summed E-state index contributed by atoms with van der Waals surface area (Å²) in [4.78, 5) is 12.8. The van der Waals surface area contributed by atoms with Crippen molar-refractivity contribution in [3.05, 3.63) is 76.0 Å². The van der Waals surface area contributed by atoms with Crippen molar-refractivity contribution >= 4 is 0 Å². The van der Waals surface area contributed by atoms with Gasteiger partial charge in [-0.2, -0.15) is 17.9 Å². The SMILES string of the molecule is O=c1n(-c2cc(C(F)(F)F)ccc2O)nc2n1C(c1ccccc1)CC2. The molecule has 1 N–H and O–H groups in total. The van der Waals surface area contributed by atoms with E-state index >= 15 is 0 Å². The lowest BCUT2D eigenvalue weighted by atomic mass is 10.1. The number of halogens is 3. The predicted octanol–water partition coefficient (Wildman–Crippen LogP) is 3.29. The van der Waals surface area contributed by atoms with Gasteiger partial charge in [-0.15, -0.1) is 5.10 Å². The minimum Gasteiger partial charge on any atom is -0.506 e. The van der Waals surface area contributed by atoms with Gasteiger partial charge in [0.1, 0.15) is 17.3 Å². The fourth-order valence-corrected chi connectivity index (χ4v) is 3.31. The number of hydrogen-bond acceptors (Lipinski definition) is 3. The quantitative estimate of drug-likeness (QED) is 0.762. The van der Waals surface area contributed by atoms with Crippen LogP contribution in [0.25, 0.3) is 5.69 Å². The fourth-order valence-electron chi connectivity index (χ4n) is 3.31. The van der Waals surface area contributed by atoms with E-state index in [9.17, 15) is 23.1 Å². The van der Waals surface area contributed by atoms with Crippen molar-refractivity contribution < 1.29 is 18.3 Å². The Kier molecular flexibility index (Phi) is 3.64. The van der Waals surface area contributed by atoms with Gasteiger partial charge in [-0.1, -0.05) is 30.3 Å². The molecule has 2 heterocycles. The van der Waals surface area contributed by atoms with Gasteiger partial charge in [0.15, 0.2) is 0 Å². The second-order valence-electron chi connectivity index (χ2n) is 6.15. The van der Waals surface area contributed by atoms with Crippen molar-refractivity contribution in [3.63, 3.8) is 0 Å². The molecule has 0 bridgehead atoms. The maximum absolute atomic E-state index is 13.0. The molecule has 8 heteroatoms. The van der Waals surface area contributed by atoms with Crippen LogP contribution < -0.4 is 5.69 Å². The van der Waals surface area contributed by atoms with Crippen molar-refractivity contribution in [2.24, 2.45) is 0 Å². The Labute approximate surface area is 145 Å². The number of phenolic OH excluding ortho intramolecular Hbond substituents is 1. The molecule has 0 saturated heterocycles. The van der Waals surface area contributed by atoms with Crippen molar-refractivity contribution in [2.45, 2.75) is 25.1 Å². The molecular weight excluding hydrogens is 347 g/mol. The van der Waals surface area contributed by atoms with E-state index in [4.69, 9.17) is 0 Å². The van der Waals surface area contributed by atoms with Gasteiger partial charge in [-0.25, -0.2) is 4.79 Å². The second kappa shape index (κ2) is 5.76. The second-order valence-corrected chi connectivity index (χ2v) is 6.15. The van der Waals surface area contributed by atoms with Crippen LogP contribution in [0.15, 0.2) is 53.3 Å². The van der Waals surface area contributed by atoms with Crippen molar-refractivity contribution in [1.29, 1.82) is 0 Å². The highest BCUT2D eigenvalue weighted by Crippen LogP contribution is 2.34. The summed E-state index contributed by atoms with van der Waals surface area (Å²) in [5, 5.41) is 14.1. The maximum Gasteiger partial charge on any atom is 0.416 e. The molecule has 134 valence electrons. The number of fused-ring (bicyclic) bond motifs is 1. The zero-order valence-electron chi connectivity index (χ0n) is 13.4. The largest absolute Gasteiger partial charge is 0.506 e. The highest BCUT2D eigenvalue weighted by atomic mass is 19.4. The molecule has 1 aromatic heterocycles.